The molecule has 33 heavy (non-hydrogen) atoms. The fraction of sp³-hybridized carbons (Fsp3) is 0.478. The van der Waals surface area contributed by atoms with Crippen LogP contribution in [0.3, 0.4) is 0 Å². The molecule has 3 fully saturated rings. The molecule has 0 radical (unpaired) electrons. The molecular weight excluding hydrogens is 464 g/mol. The van der Waals surface area contributed by atoms with Crippen molar-refractivity contribution in [2.45, 2.75) is 35.5 Å². The Morgan fingerprint density at radius 1 is 1.12 bits per heavy atom. The highest BCUT2D eigenvalue weighted by Gasteiger charge is 2.69. The molecule has 2 aliphatic heterocycles. The van der Waals surface area contributed by atoms with Gasteiger partial charge >= 0.3 is 10.8 Å². The van der Waals surface area contributed by atoms with Crippen molar-refractivity contribution < 1.29 is 24.6 Å². The molecule has 3 N–H and O–H groups in total. The Kier molecular flexibility index (Phi) is 4.74. The van der Waals surface area contributed by atoms with Gasteiger partial charge in [-0.25, -0.2) is 0 Å². The first kappa shape index (κ1) is 21.0. The van der Waals surface area contributed by atoms with Crippen molar-refractivity contribution >= 4 is 40.9 Å². The summed E-state index contributed by atoms with van der Waals surface area (Å²) in [5, 5.41) is 20.5. The Balaban J connectivity index is 1.39. The summed E-state index contributed by atoms with van der Waals surface area (Å²) in [5.41, 5.74) is 0.753. The number of aromatic nitrogens is 1. The van der Waals surface area contributed by atoms with Crippen LogP contribution in [0.1, 0.15) is 35.6 Å². The number of phenols is 1. The van der Waals surface area contributed by atoms with Crippen LogP contribution >= 0.6 is 23.1 Å². The Hall–Kier alpha value is -2.59. The van der Waals surface area contributed by atoms with Gasteiger partial charge in [-0.1, -0.05) is 29.5 Å². The summed E-state index contributed by atoms with van der Waals surface area (Å²) in [4.78, 5) is 54.7. The number of fused-ring (bicyclic) bond motifs is 9. The van der Waals surface area contributed by atoms with Crippen molar-refractivity contribution in [1.82, 2.24) is 9.88 Å². The zero-order valence-corrected chi connectivity index (χ0v) is 19.1. The number of nitrogens with one attached hydrogen (secondary N) is 1. The number of carboxylic acid groups (broad SMARTS) is 1. The number of aromatic hydroxyl groups is 1. The monoisotopic (exact) mass is 486 g/mol. The molecule has 0 unspecified atom stereocenters. The van der Waals surface area contributed by atoms with Crippen molar-refractivity contribution in [2.24, 2.45) is 29.6 Å². The van der Waals surface area contributed by atoms with Gasteiger partial charge in [-0.15, -0.1) is 11.8 Å². The second kappa shape index (κ2) is 7.46. The van der Waals surface area contributed by atoms with Crippen LogP contribution in [0.15, 0.2) is 34.1 Å². The van der Waals surface area contributed by atoms with Gasteiger partial charge in [0.2, 0.25) is 11.8 Å². The number of rotatable bonds is 5. The maximum atomic E-state index is 13.3. The molecule has 3 heterocycles. The van der Waals surface area contributed by atoms with Gasteiger partial charge in [0.25, 0.3) is 0 Å². The Labute approximate surface area is 197 Å². The number of carbonyl (C=O) groups is 3. The van der Waals surface area contributed by atoms with E-state index in [1.165, 1.54) is 4.90 Å². The van der Waals surface area contributed by atoms with Gasteiger partial charge in [0.1, 0.15) is 5.75 Å². The molecule has 6 rings (SSSR count). The summed E-state index contributed by atoms with van der Waals surface area (Å²) in [5.74, 6) is -2.10. The van der Waals surface area contributed by atoms with E-state index in [0.717, 1.165) is 33.2 Å². The minimum Gasteiger partial charge on any atom is -0.508 e. The molecule has 172 valence electrons. The number of H-pyrrole nitrogens is 1. The number of carbonyl (C=O) groups excluding carboxylic acids is 2. The number of imide groups is 1. The van der Waals surface area contributed by atoms with Gasteiger partial charge in [0.15, 0.2) is 0 Å². The molecule has 4 aliphatic rings. The summed E-state index contributed by atoms with van der Waals surface area (Å²) in [7, 11) is 0. The largest absolute Gasteiger partial charge is 0.508 e. The molecule has 10 heteroatoms. The molecule has 2 aromatic rings. The van der Waals surface area contributed by atoms with Gasteiger partial charge in [0.05, 0.1) is 16.9 Å². The molecule has 1 aromatic heterocycles. The third kappa shape index (κ3) is 2.96. The Morgan fingerprint density at radius 3 is 2.58 bits per heavy atom. The number of nitrogens with zero attached hydrogens (tertiary/aromatic N) is 1. The summed E-state index contributed by atoms with van der Waals surface area (Å²) in [6, 6.07) is 7.15. The number of phenolic OH excluding ortho intramolecular Hbond substituents is 1. The number of benzene rings is 1. The molecule has 7 atom stereocenters. The van der Waals surface area contributed by atoms with E-state index in [1.807, 2.05) is 12.1 Å². The van der Waals surface area contributed by atoms with Crippen molar-refractivity contribution in [3.05, 3.63) is 44.4 Å². The predicted molar refractivity (Wildman–Crippen MR) is 120 cm³/mol. The first-order valence-corrected chi connectivity index (χ1v) is 12.8. The van der Waals surface area contributed by atoms with Crippen LogP contribution in [0.25, 0.3) is 0 Å². The van der Waals surface area contributed by atoms with Crippen LogP contribution in [0.5, 0.6) is 5.75 Å². The maximum absolute atomic E-state index is 13.3. The van der Waals surface area contributed by atoms with Crippen molar-refractivity contribution in [3.63, 3.8) is 0 Å². The fourth-order valence-electron chi connectivity index (χ4n) is 6.79. The number of likely N-dealkylation sites (tertiary alicyclic amines) is 1. The highest BCUT2D eigenvalue weighted by atomic mass is 32.2. The zero-order valence-electron chi connectivity index (χ0n) is 17.5. The van der Waals surface area contributed by atoms with Crippen molar-refractivity contribution in [3.8, 4) is 5.75 Å². The van der Waals surface area contributed by atoms with Crippen LogP contribution in [-0.4, -0.2) is 49.7 Å². The van der Waals surface area contributed by atoms with E-state index in [0.29, 0.717) is 0 Å². The number of thioether (sulfide) groups is 1. The number of thiazole rings is 1. The standard InChI is InChI=1S/C23H22N2O6S2/c26-12-5-2-1-4-9(12)14-15-10-8-11(18(15)32-20-19(14)33-23(31)24-20)17-16(10)21(29)25(22(17)30)7-3-6-13(27)28/h1-2,4-5,10-11,14-18,26H,3,6-8H2,(H,24,31)(H,27,28)/t10-,11-,14-,15-,16+,17-,18+/m1/s1. The third-order valence-corrected chi connectivity index (χ3v) is 10.4. The van der Waals surface area contributed by atoms with Crippen LogP contribution in [0.2, 0.25) is 0 Å². The summed E-state index contributed by atoms with van der Waals surface area (Å²) < 4.78 is 0. The predicted octanol–water partition coefficient (Wildman–Crippen LogP) is 2.48. The molecule has 2 saturated carbocycles. The lowest BCUT2D eigenvalue weighted by Crippen LogP contribution is -2.42. The van der Waals surface area contributed by atoms with Gasteiger partial charge in [-0.05, 0) is 36.7 Å². The van der Waals surface area contributed by atoms with Crippen LogP contribution in [-0.2, 0) is 14.4 Å². The molecule has 2 bridgehead atoms. The first-order chi connectivity index (χ1) is 15.9. The van der Waals surface area contributed by atoms with E-state index in [4.69, 9.17) is 5.11 Å². The number of hydrogen-bond acceptors (Lipinski definition) is 7. The van der Waals surface area contributed by atoms with Gasteiger partial charge in [0, 0.05) is 34.6 Å². The third-order valence-electron chi connectivity index (χ3n) is 7.86. The number of amides is 2. The summed E-state index contributed by atoms with van der Waals surface area (Å²) >= 11 is 2.76. The van der Waals surface area contributed by atoms with Crippen molar-refractivity contribution in [2.75, 3.05) is 6.54 Å². The fourth-order valence-corrected chi connectivity index (χ4v) is 9.67. The molecule has 2 aliphatic carbocycles. The van der Waals surface area contributed by atoms with Crippen LogP contribution in [0, 0.1) is 29.6 Å². The highest BCUT2D eigenvalue weighted by molar-refractivity contribution is 8.00. The van der Waals surface area contributed by atoms with E-state index < -0.39 is 11.9 Å². The molecule has 2 amide bonds. The lowest BCUT2D eigenvalue weighted by molar-refractivity contribution is -0.142. The molecular formula is C23H22N2O6S2. The molecule has 1 saturated heterocycles. The van der Waals surface area contributed by atoms with Gasteiger partial charge in [-0.3, -0.25) is 24.1 Å². The van der Waals surface area contributed by atoms with Crippen LogP contribution < -0.4 is 4.87 Å². The smallest absolute Gasteiger partial charge is 0.305 e. The average Bonchev–Trinajstić information content (AvgIpc) is 3.49. The van der Waals surface area contributed by atoms with E-state index in [1.54, 1.807) is 23.9 Å². The lowest BCUT2D eigenvalue weighted by atomic mass is 9.68. The minimum atomic E-state index is -0.942. The lowest BCUT2D eigenvalue weighted by Gasteiger charge is -2.43. The average molecular weight is 487 g/mol. The van der Waals surface area contributed by atoms with E-state index >= 15 is 0 Å². The molecule has 0 spiro atoms. The number of para-hydroxylation sites is 1. The van der Waals surface area contributed by atoms with Gasteiger partial charge in [-0.2, -0.15) is 0 Å². The second-order valence-electron chi connectivity index (χ2n) is 9.34. The summed E-state index contributed by atoms with van der Waals surface area (Å²) in [6.07, 6.45) is 0.951. The van der Waals surface area contributed by atoms with E-state index in [2.05, 4.69) is 4.98 Å². The topological polar surface area (TPSA) is 128 Å². The highest BCUT2D eigenvalue weighted by Crippen LogP contribution is 2.68. The number of aromatic amines is 1. The quantitative estimate of drug-likeness (QED) is 0.554. The Bertz CT molecular complexity index is 1240. The molecule has 8 nitrogen and oxygen atoms in total. The van der Waals surface area contributed by atoms with E-state index in [9.17, 15) is 24.3 Å². The first-order valence-electron chi connectivity index (χ1n) is 11.1. The normalized spacial score (nSPS) is 33.8. The molecule has 1 aromatic carbocycles. The minimum absolute atomic E-state index is 0.0147. The second-order valence-corrected chi connectivity index (χ2v) is 11.5. The zero-order chi connectivity index (χ0) is 23.0. The summed E-state index contributed by atoms with van der Waals surface area (Å²) in [6.45, 7) is 0.141. The Morgan fingerprint density at radius 2 is 1.85 bits per heavy atom. The van der Waals surface area contributed by atoms with Crippen molar-refractivity contribution in [1.29, 1.82) is 0 Å². The van der Waals surface area contributed by atoms with E-state index in [-0.39, 0.29) is 76.7 Å². The SMILES string of the molecule is O=C(O)CCCN1C(=O)[C@@H]2[C@H]3C[C@@H]([C@@H]2C1=O)[C@@H]1[C@@H](c2ccccc2O)c2sc(=O)[nH]c2S[C@@H]31. The van der Waals surface area contributed by atoms with Gasteiger partial charge < -0.3 is 15.2 Å². The van der Waals surface area contributed by atoms with Crippen LogP contribution in [0.4, 0.5) is 0 Å². The number of hydrogen-bond donors (Lipinski definition) is 3. The number of carboxylic acids is 1. The maximum Gasteiger partial charge on any atom is 0.305 e. The number of aliphatic carboxylic acids is 1.